The van der Waals surface area contributed by atoms with Crippen LogP contribution < -0.4 is 14.8 Å². The van der Waals surface area contributed by atoms with E-state index in [2.05, 4.69) is 5.32 Å². The van der Waals surface area contributed by atoms with E-state index in [0.717, 1.165) is 12.8 Å². The molecule has 2 aliphatic carbocycles. The third-order valence-electron chi connectivity index (χ3n) is 6.73. The first-order chi connectivity index (χ1) is 18.7. The molecule has 0 radical (unpaired) electrons. The second-order valence-corrected chi connectivity index (χ2v) is 10.7. The van der Waals surface area contributed by atoms with Crippen LogP contribution in [0, 0.1) is 15.3 Å². The molecule has 208 valence electrons. The van der Waals surface area contributed by atoms with Crippen molar-refractivity contribution in [3.05, 3.63) is 68.6 Å². The van der Waals surface area contributed by atoms with Crippen molar-refractivity contribution in [1.29, 1.82) is 0 Å². The molecule has 2 amide bonds. The highest BCUT2D eigenvalue weighted by Crippen LogP contribution is 2.38. The molecule has 2 aromatic carbocycles. The highest BCUT2D eigenvalue weighted by molar-refractivity contribution is 14.1. The van der Waals surface area contributed by atoms with E-state index in [1.54, 1.807) is 23.1 Å². The molecule has 4 rings (SSSR count). The first-order valence-electron chi connectivity index (χ1n) is 12.6. The number of halogens is 2. The minimum atomic E-state index is -1.23. The fraction of sp³-hybridized carbons (Fsp3) is 0.393. The summed E-state index contributed by atoms with van der Waals surface area (Å²) in [5, 5.41) is 23.4. The van der Waals surface area contributed by atoms with Crippen molar-refractivity contribution < 1.29 is 38.5 Å². The van der Waals surface area contributed by atoms with Crippen molar-refractivity contribution in [2.75, 3.05) is 20.3 Å². The van der Waals surface area contributed by atoms with E-state index >= 15 is 0 Å². The molecular formula is C28H30FIN2O7. The molecule has 0 saturated heterocycles. The number of amides is 2. The van der Waals surface area contributed by atoms with Gasteiger partial charge in [0, 0.05) is 36.6 Å². The molecule has 0 aromatic heterocycles. The van der Waals surface area contributed by atoms with Crippen LogP contribution in [-0.4, -0.2) is 71.7 Å². The minimum Gasteiger partial charge on any atom is -0.493 e. The normalized spacial score (nSPS) is 20.5. The van der Waals surface area contributed by atoms with Gasteiger partial charge in [-0.25, -0.2) is 4.39 Å². The molecule has 2 aromatic rings. The van der Waals surface area contributed by atoms with Crippen molar-refractivity contribution in [1.82, 2.24) is 10.2 Å². The fourth-order valence-corrected chi connectivity index (χ4v) is 5.30. The lowest BCUT2D eigenvalue weighted by Crippen LogP contribution is -2.55. The van der Waals surface area contributed by atoms with E-state index in [9.17, 15) is 29.0 Å². The number of carbonyl (C=O) groups is 3. The number of hydrogen-bond donors (Lipinski definition) is 3. The van der Waals surface area contributed by atoms with Gasteiger partial charge in [0.1, 0.15) is 24.3 Å². The lowest BCUT2D eigenvalue weighted by atomic mass is 9.87. The van der Waals surface area contributed by atoms with Gasteiger partial charge in [0.05, 0.1) is 23.3 Å². The summed E-state index contributed by atoms with van der Waals surface area (Å²) in [6, 6.07) is 8.07. The van der Waals surface area contributed by atoms with Crippen LogP contribution in [0.1, 0.15) is 35.2 Å². The highest BCUT2D eigenvalue weighted by atomic mass is 127. The molecule has 1 fully saturated rings. The second-order valence-electron chi connectivity index (χ2n) is 9.53. The Morgan fingerprint density at radius 2 is 1.95 bits per heavy atom. The Hall–Kier alpha value is -3.03. The molecule has 3 N–H and O–H groups in total. The lowest BCUT2D eigenvalue weighted by molar-refractivity contribution is -0.140. The average molecular weight is 652 g/mol. The number of carbonyl (C=O) groups excluding carboxylic acids is 3. The molecule has 1 saturated carbocycles. The lowest BCUT2D eigenvalue weighted by Gasteiger charge is -2.41. The molecule has 3 atom stereocenters. The largest absolute Gasteiger partial charge is 0.493 e. The third-order valence-corrected chi connectivity index (χ3v) is 7.53. The van der Waals surface area contributed by atoms with Crippen LogP contribution in [0.2, 0.25) is 0 Å². The van der Waals surface area contributed by atoms with Crippen molar-refractivity contribution >= 4 is 40.7 Å². The van der Waals surface area contributed by atoms with Crippen LogP contribution in [0.25, 0.3) is 0 Å². The Bertz CT molecular complexity index is 1250. The van der Waals surface area contributed by atoms with Crippen LogP contribution in [0.3, 0.4) is 0 Å². The summed E-state index contributed by atoms with van der Waals surface area (Å²) in [5.74, 6) is -0.630. The Labute approximate surface area is 239 Å². The summed E-state index contributed by atoms with van der Waals surface area (Å²) >= 11 is 1.99. The molecule has 0 aliphatic heterocycles. The van der Waals surface area contributed by atoms with Gasteiger partial charge in [0.25, 0.3) is 0 Å². The topological polar surface area (TPSA) is 125 Å². The van der Waals surface area contributed by atoms with Crippen LogP contribution in [0.4, 0.5) is 4.39 Å². The summed E-state index contributed by atoms with van der Waals surface area (Å²) in [6.45, 7) is -0.0983. The zero-order valence-corrected chi connectivity index (χ0v) is 23.5. The van der Waals surface area contributed by atoms with Gasteiger partial charge >= 0.3 is 0 Å². The quantitative estimate of drug-likeness (QED) is 0.252. The number of benzene rings is 2. The summed E-state index contributed by atoms with van der Waals surface area (Å²) in [7, 11) is 1.43. The van der Waals surface area contributed by atoms with Gasteiger partial charge in [0.15, 0.2) is 11.5 Å². The minimum absolute atomic E-state index is 0.0358. The van der Waals surface area contributed by atoms with Crippen molar-refractivity contribution in [3.8, 4) is 11.5 Å². The molecule has 0 bridgehead atoms. The van der Waals surface area contributed by atoms with Gasteiger partial charge < -0.3 is 29.9 Å². The van der Waals surface area contributed by atoms with Crippen LogP contribution in [-0.2, 0) is 16.1 Å². The molecule has 0 unspecified atom stereocenters. The Balaban J connectivity index is 1.71. The predicted octanol–water partition coefficient (Wildman–Crippen LogP) is 2.61. The first kappa shape index (κ1) is 29.0. The zero-order valence-electron chi connectivity index (χ0n) is 21.3. The third kappa shape index (κ3) is 6.95. The van der Waals surface area contributed by atoms with Gasteiger partial charge in [-0.05, 0) is 71.3 Å². The van der Waals surface area contributed by atoms with Gasteiger partial charge in [-0.1, -0.05) is 12.1 Å². The number of ether oxygens (including phenoxy) is 2. The molecule has 9 nitrogen and oxygen atoms in total. The Kier molecular flexibility index (Phi) is 9.57. The van der Waals surface area contributed by atoms with E-state index < -0.39 is 30.0 Å². The summed E-state index contributed by atoms with van der Waals surface area (Å²) in [4.78, 5) is 39.3. The highest BCUT2D eigenvalue weighted by Gasteiger charge is 2.44. The molecular weight excluding hydrogens is 622 g/mol. The molecule has 11 heteroatoms. The summed E-state index contributed by atoms with van der Waals surface area (Å²) in [5.41, 5.74) is 1.34. The van der Waals surface area contributed by atoms with E-state index in [1.165, 1.54) is 31.4 Å². The fourth-order valence-electron chi connectivity index (χ4n) is 4.55. The maximum atomic E-state index is 13.5. The zero-order chi connectivity index (χ0) is 28.1. The predicted molar refractivity (Wildman–Crippen MR) is 148 cm³/mol. The standard InChI is InChI=1S/C28H30FIN2O7/c1-38-24-11-17(15-34)10-21(30)26(24)39-23-13-19(27(36)31-8-9-33)12-22(25(23)35)32(28(37)18-4-5-18)14-16-2-6-20(29)7-3-16/h2-3,6-7,10-11,13,15,18,22-23,25,33,35H,4-5,8-9,12,14H2,1H3,(H,31,36)/t22-,23+,25+/m1/s1. The van der Waals surface area contributed by atoms with E-state index in [1.807, 2.05) is 22.6 Å². The number of methoxy groups -OCH3 is 1. The second kappa shape index (κ2) is 12.9. The SMILES string of the molecule is COc1cc(C=O)cc(I)c1O[C@H]1C=C(C(=O)NCCO)C[C@@H](N(Cc2ccc(F)cc2)C(=O)C2CC2)[C@@H]1O. The number of aliphatic hydroxyl groups excluding tert-OH is 2. The molecule has 0 heterocycles. The monoisotopic (exact) mass is 652 g/mol. The molecule has 0 spiro atoms. The number of nitrogens with zero attached hydrogens (tertiary/aromatic N) is 1. The number of hydrogen-bond acceptors (Lipinski definition) is 7. The maximum Gasteiger partial charge on any atom is 0.247 e. The van der Waals surface area contributed by atoms with Gasteiger partial charge in [0.2, 0.25) is 11.8 Å². The van der Waals surface area contributed by atoms with Crippen molar-refractivity contribution in [2.24, 2.45) is 5.92 Å². The number of aliphatic hydroxyl groups is 2. The van der Waals surface area contributed by atoms with E-state index in [4.69, 9.17) is 9.47 Å². The van der Waals surface area contributed by atoms with Crippen molar-refractivity contribution in [3.63, 3.8) is 0 Å². The van der Waals surface area contributed by atoms with Gasteiger partial charge in [-0.2, -0.15) is 0 Å². The average Bonchev–Trinajstić information content (AvgIpc) is 3.78. The molecule has 39 heavy (non-hydrogen) atoms. The summed E-state index contributed by atoms with van der Waals surface area (Å²) < 4.78 is 25.7. The number of rotatable bonds is 11. The molecule has 2 aliphatic rings. The first-order valence-corrected chi connectivity index (χ1v) is 13.7. The van der Waals surface area contributed by atoms with Crippen molar-refractivity contribution in [2.45, 2.75) is 44.1 Å². The Morgan fingerprint density at radius 1 is 1.23 bits per heavy atom. The van der Waals surface area contributed by atoms with Crippen LogP contribution in [0.15, 0.2) is 48.0 Å². The number of aldehydes is 1. The van der Waals surface area contributed by atoms with E-state index in [0.29, 0.717) is 21.0 Å². The van der Waals surface area contributed by atoms with Gasteiger partial charge in [-0.15, -0.1) is 0 Å². The summed E-state index contributed by atoms with van der Waals surface area (Å²) in [6.07, 6.45) is 1.43. The number of nitrogens with one attached hydrogen (secondary N) is 1. The maximum absolute atomic E-state index is 13.5. The van der Waals surface area contributed by atoms with E-state index in [-0.39, 0.29) is 55.0 Å². The smallest absolute Gasteiger partial charge is 0.247 e. The van der Waals surface area contributed by atoms with Crippen LogP contribution >= 0.6 is 22.6 Å². The Morgan fingerprint density at radius 3 is 2.56 bits per heavy atom. The van der Waals surface area contributed by atoms with Crippen LogP contribution in [0.5, 0.6) is 11.5 Å². The van der Waals surface area contributed by atoms with Gasteiger partial charge in [-0.3, -0.25) is 14.4 Å².